The lowest BCUT2D eigenvalue weighted by atomic mass is 10.0. The van der Waals surface area contributed by atoms with E-state index in [1.54, 1.807) is 11.1 Å². The highest BCUT2D eigenvalue weighted by Gasteiger charge is 2.30. The van der Waals surface area contributed by atoms with E-state index in [1.165, 1.54) is 0 Å². The number of aromatic nitrogens is 2. The maximum absolute atomic E-state index is 12.2. The van der Waals surface area contributed by atoms with E-state index >= 15 is 0 Å². The van der Waals surface area contributed by atoms with Gasteiger partial charge in [-0.05, 0) is 25.1 Å². The second-order valence-corrected chi connectivity index (χ2v) is 5.59. The highest BCUT2D eigenvalue weighted by atomic mass is 16.2. The van der Waals surface area contributed by atoms with Crippen LogP contribution < -0.4 is 0 Å². The van der Waals surface area contributed by atoms with Crippen LogP contribution in [0.2, 0.25) is 0 Å². The quantitative estimate of drug-likeness (QED) is 0.870. The van der Waals surface area contributed by atoms with Crippen LogP contribution in [0.4, 0.5) is 0 Å². The predicted octanol–water partition coefficient (Wildman–Crippen LogP) is 2.99. The summed E-state index contributed by atoms with van der Waals surface area (Å²) in [7, 11) is 0. The Morgan fingerprint density at radius 3 is 2.82 bits per heavy atom. The smallest absolute Gasteiger partial charge is 0.230 e. The molecule has 4 nitrogen and oxygen atoms in total. The van der Waals surface area contributed by atoms with Gasteiger partial charge in [-0.15, -0.1) is 0 Å². The van der Waals surface area contributed by atoms with Gasteiger partial charge in [0.2, 0.25) is 5.91 Å². The Kier molecular flexibility index (Phi) is 4.00. The van der Waals surface area contributed by atoms with Gasteiger partial charge < -0.3 is 4.90 Å². The molecule has 3 rings (SSSR count). The zero-order chi connectivity index (χ0) is 15.5. The lowest BCUT2D eigenvalue weighted by molar-refractivity contribution is -0.128. The lowest BCUT2D eigenvalue weighted by Crippen LogP contribution is -2.23. The fraction of sp³-hybridized carbons (Fsp3) is 0.278. The standard InChI is InChI=1S/C18H19N3O/c1-3-21-10-9-15(18(21)22)11-16-19-12-13(2)17(20-16)14-7-5-4-6-8-14/h3-8,12,15H,1,9-11H2,2H3. The minimum Gasteiger partial charge on any atom is -0.319 e. The van der Waals surface area contributed by atoms with Crippen molar-refractivity contribution in [1.82, 2.24) is 14.9 Å². The van der Waals surface area contributed by atoms with Gasteiger partial charge in [-0.25, -0.2) is 9.97 Å². The first-order valence-electron chi connectivity index (χ1n) is 7.50. The minimum absolute atomic E-state index is 0.0377. The summed E-state index contributed by atoms with van der Waals surface area (Å²) in [5.74, 6) is 0.818. The molecule has 1 aliphatic rings. The molecular formula is C18H19N3O. The third-order valence-electron chi connectivity index (χ3n) is 4.07. The van der Waals surface area contributed by atoms with Gasteiger partial charge in [-0.3, -0.25) is 4.79 Å². The summed E-state index contributed by atoms with van der Waals surface area (Å²) < 4.78 is 0. The van der Waals surface area contributed by atoms with Crippen LogP contribution >= 0.6 is 0 Å². The number of hydrogen-bond donors (Lipinski definition) is 0. The van der Waals surface area contributed by atoms with Crippen LogP contribution in [-0.2, 0) is 11.2 Å². The molecule has 1 aromatic heterocycles. The molecule has 0 radical (unpaired) electrons. The van der Waals surface area contributed by atoms with Gasteiger partial charge in [0.25, 0.3) is 0 Å². The van der Waals surface area contributed by atoms with Gasteiger partial charge >= 0.3 is 0 Å². The van der Waals surface area contributed by atoms with E-state index in [4.69, 9.17) is 0 Å². The monoisotopic (exact) mass is 293 g/mol. The molecule has 2 heterocycles. The average molecular weight is 293 g/mol. The van der Waals surface area contributed by atoms with Crippen molar-refractivity contribution in [2.75, 3.05) is 6.54 Å². The largest absolute Gasteiger partial charge is 0.319 e. The summed E-state index contributed by atoms with van der Waals surface area (Å²) in [4.78, 5) is 22.9. The number of carbonyl (C=O) groups is 1. The molecule has 1 fully saturated rings. The number of amides is 1. The number of nitrogens with zero attached hydrogens (tertiary/aromatic N) is 3. The Bertz CT molecular complexity index is 697. The molecular weight excluding hydrogens is 274 g/mol. The van der Waals surface area contributed by atoms with Gasteiger partial charge in [0.05, 0.1) is 5.69 Å². The predicted molar refractivity (Wildman–Crippen MR) is 85.9 cm³/mol. The molecule has 2 aromatic rings. The van der Waals surface area contributed by atoms with Crippen LogP contribution in [0.5, 0.6) is 0 Å². The molecule has 0 aliphatic carbocycles. The first-order valence-corrected chi connectivity index (χ1v) is 7.50. The van der Waals surface area contributed by atoms with Crippen LogP contribution in [-0.4, -0.2) is 27.3 Å². The molecule has 0 bridgehead atoms. The van der Waals surface area contributed by atoms with E-state index in [0.29, 0.717) is 6.42 Å². The molecule has 1 amide bonds. The van der Waals surface area contributed by atoms with Crippen molar-refractivity contribution < 1.29 is 4.79 Å². The second-order valence-electron chi connectivity index (χ2n) is 5.59. The van der Waals surface area contributed by atoms with Gasteiger partial charge in [-0.1, -0.05) is 36.9 Å². The Morgan fingerprint density at radius 1 is 1.36 bits per heavy atom. The molecule has 0 N–H and O–H groups in total. The molecule has 1 aromatic carbocycles. The maximum Gasteiger partial charge on any atom is 0.230 e. The van der Waals surface area contributed by atoms with Crippen molar-refractivity contribution in [3.63, 3.8) is 0 Å². The van der Waals surface area contributed by atoms with Crippen molar-refractivity contribution in [2.24, 2.45) is 5.92 Å². The summed E-state index contributed by atoms with van der Waals surface area (Å²) in [5, 5.41) is 0. The Hall–Kier alpha value is -2.49. The number of carbonyl (C=O) groups excluding carboxylic acids is 1. The van der Waals surface area contributed by atoms with E-state index in [0.717, 1.165) is 35.6 Å². The van der Waals surface area contributed by atoms with E-state index in [1.807, 2.05) is 43.5 Å². The van der Waals surface area contributed by atoms with Gasteiger partial charge in [-0.2, -0.15) is 0 Å². The highest BCUT2D eigenvalue weighted by Crippen LogP contribution is 2.24. The molecule has 1 unspecified atom stereocenters. The van der Waals surface area contributed by atoms with E-state index in [9.17, 15) is 4.79 Å². The van der Waals surface area contributed by atoms with Crippen LogP contribution in [0.1, 0.15) is 17.8 Å². The summed E-state index contributed by atoms with van der Waals surface area (Å²) in [6, 6.07) is 10.1. The molecule has 112 valence electrons. The van der Waals surface area contributed by atoms with Crippen LogP contribution in [0.25, 0.3) is 11.3 Å². The maximum atomic E-state index is 12.2. The summed E-state index contributed by atoms with van der Waals surface area (Å²) in [5.41, 5.74) is 3.06. The van der Waals surface area contributed by atoms with Crippen LogP contribution in [0.15, 0.2) is 49.3 Å². The average Bonchev–Trinajstić information content (AvgIpc) is 2.90. The molecule has 1 saturated heterocycles. The van der Waals surface area contributed by atoms with Crippen molar-refractivity contribution in [2.45, 2.75) is 19.8 Å². The Balaban J connectivity index is 1.84. The minimum atomic E-state index is -0.0377. The van der Waals surface area contributed by atoms with E-state index in [2.05, 4.69) is 16.5 Å². The third-order valence-corrected chi connectivity index (χ3v) is 4.07. The third kappa shape index (κ3) is 2.77. The van der Waals surface area contributed by atoms with Crippen LogP contribution in [0, 0.1) is 12.8 Å². The highest BCUT2D eigenvalue weighted by molar-refractivity contribution is 5.82. The molecule has 1 aliphatic heterocycles. The van der Waals surface area contributed by atoms with E-state index in [-0.39, 0.29) is 11.8 Å². The molecule has 0 spiro atoms. The fourth-order valence-corrected chi connectivity index (χ4v) is 2.82. The zero-order valence-electron chi connectivity index (χ0n) is 12.7. The number of aryl methyl sites for hydroxylation is 1. The topological polar surface area (TPSA) is 46.1 Å². The first kappa shape index (κ1) is 14.4. The number of rotatable bonds is 4. The Labute approximate surface area is 130 Å². The zero-order valence-corrected chi connectivity index (χ0v) is 12.7. The second kappa shape index (κ2) is 6.10. The summed E-state index contributed by atoms with van der Waals surface area (Å²) >= 11 is 0. The fourth-order valence-electron chi connectivity index (χ4n) is 2.82. The van der Waals surface area contributed by atoms with Crippen molar-refractivity contribution >= 4 is 5.91 Å². The summed E-state index contributed by atoms with van der Waals surface area (Å²) in [6.07, 6.45) is 4.87. The molecule has 0 saturated carbocycles. The molecule has 22 heavy (non-hydrogen) atoms. The van der Waals surface area contributed by atoms with Gasteiger partial charge in [0.1, 0.15) is 5.82 Å². The van der Waals surface area contributed by atoms with Gasteiger partial charge in [0.15, 0.2) is 0 Å². The first-order chi connectivity index (χ1) is 10.7. The number of benzene rings is 1. The van der Waals surface area contributed by atoms with Gasteiger partial charge in [0, 0.05) is 30.6 Å². The van der Waals surface area contributed by atoms with Crippen LogP contribution in [0.3, 0.4) is 0 Å². The number of hydrogen-bond acceptors (Lipinski definition) is 3. The Morgan fingerprint density at radius 2 is 2.14 bits per heavy atom. The normalized spacial score (nSPS) is 17.8. The van der Waals surface area contributed by atoms with Crippen molar-refractivity contribution in [3.8, 4) is 11.3 Å². The number of likely N-dealkylation sites (tertiary alicyclic amines) is 1. The van der Waals surface area contributed by atoms with Crippen molar-refractivity contribution in [1.29, 1.82) is 0 Å². The van der Waals surface area contributed by atoms with Crippen molar-refractivity contribution in [3.05, 3.63) is 60.7 Å². The molecule has 1 atom stereocenters. The van der Waals surface area contributed by atoms with E-state index < -0.39 is 0 Å². The summed E-state index contributed by atoms with van der Waals surface area (Å²) in [6.45, 7) is 6.42. The SMILES string of the molecule is C=CN1CCC(Cc2ncc(C)c(-c3ccccc3)n2)C1=O. The molecule has 4 heteroatoms. The lowest BCUT2D eigenvalue weighted by Gasteiger charge is -2.11.